The number of hydrogen-bond acceptors (Lipinski definition) is 8. The zero-order valence-corrected chi connectivity index (χ0v) is 39.2. The molecule has 4 N–H and O–H groups in total. The molecule has 1 unspecified atom stereocenters. The van der Waals surface area contributed by atoms with Crippen LogP contribution in [0.4, 0.5) is 0 Å². The first-order valence-corrected chi connectivity index (χ1v) is 24.7. The highest BCUT2D eigenvalue weighted by atomic mass is 28.4. The van der Waals surface area contributed by atoms with E-state index in [0.29, 0.717) is 51.0 Å². The zero-order valence-electron chi connectivity index (χ0n) is 38.2. The molecule has 0 bridgehead atoms. The Kier molecular flexibility index (Phi) is 16.2. The molecule has 2 saturated heterocycles. The second-order valence-electron chi connectivity index (χ2n) is 18.4. The average Bonchev–Trinajstić information content (AvgIpc) is 3.80. The van der Waals surface area contributed by atoms with E-state index in [1.165, 1.54) is 0 Å². The van der Waals surface area contributed by atoms with Gasteiger partial charge in [-0.15, -0.1) is 0 Å². The lowest BCUT2D eigenvalue weighted by atomic mass is 9.94. The molecule has 2 fully saturated rings. The maximum Gasteiger partial charge on any atom is 0.262 e. The molecule has 0 radical (unpaired) electrons. The van der Waals surface area contributed by atoms with Gasteiger partial charge in [0.05, 0.1) is 12.1 Å². The number of allylic oxidation sites excluding steroid dienone is 1. The van der Waals surface area contributed by atoms with Crippen molar-refractivity contribution in [3.8, 4) is 5.75 Å². The van der Waals surface area contributed by atoms with Crippen LogP contribution >= 0.6 is 0 Å². The number of carbonyl (C=O) groups is 4. The van der Waals surface area contributed by atoms with Crippen LogP contribution in [-0.4, -0.2) is 84.4 Å². The summed E-state index contributed by atoms with van der Waals surface area (Å²) in [6.45, 7) is 12.6. The second-order valence-corrected chi connectivity index (χ2v) is 22.6. The number of ketones is 1. The van der Waals surface area contributed by atoms with Crippen LogP contribution in [-0.2, 0) is 36.6 Å². The van der Waals surface area contributed by atoms with Gasteiger partial charge in [0, 0.05) is 13.0 Å². The third kappa shape index (κ3) is 11.5. The number of hydrogen-bond donors (Lipinski definition) is 4. The van der Waals surface area contributed by atoms with Crippen molar-refractivity contribution in [1.29, 1.82) is 0 Å². The number of carbonyl (C=O) groups excluding carboxylic acids is 4. The number of nitrogens with one attached hydrogen (secondary N) is 3. The van der Waals surface area contributed by atoms with Gasteiger partial charge < -0.3 is 29.8 Å². The van der Waals surface area contributed by atoms with Gasteiger partial charge in [0.2, 0.25) is 17.7 Å². The van der Waals surface area contributed by atoms with Gasteiger partial charge in [0.25, 0.3) is 8.32 Å². The summed E-state index contributed by atoms with van der Waals surface area (Å²) in [4.78, 5) is 57.8. The average molecular weight is 887 g/mol. The molecule has 0 aliphatic carbocycles. The monoisotopic (exact) mass is 886 g/mol. The maximum atomic E-state index is 14.3. The van der Waals surface area contributed by atoms with Crippen molar-refractivity contribution >= 4 is 42.2 Å². The first-order chi connectivity index (χ1) is 30.6. The van der Waals surface area contributed by atoms with E-state index in [1.54, 1.807) is 17.9 Å². The van der Waals surface area contributed by atoms with Crippen LogP contribution in [0.2, 0.25) is 5.04 Å². The maximum absolute atomic E-state index is 14.3. The molecular formula is C52H66N4O7Si. The Morgan fingerprint density at radius 1 is 0.891 bits per heavy atom. The van der Waals surface area contributed by atoms with Crippen LogP contribution in [0.25, 0.3) is 0 Å². The first-order valence-electron chi connectivity index (χ1n) is 22.8. The summed E-state index contributed by atoms with van der Waals surface area (Å²) in [6.07, 6.45) is 4.46. The van der Waals surface area contributed by atoms with Gasteiger partial charge in [-0.1, -0.05) is 137 Å². The number of aliphatic hydroxyl groups excluding tert-OH is 1. The highest BCUT2D eigenvalue weighted by Crippen LogP contribution is 2.37. The van der Waals surface area contributed by atoms with E-state index in [0.717, 1.165) is 21.5 Å². The molecule has 0 aromatic heterocycles. The Balaban J connectivity index is 1.11. The molecule has 2 heterocycles. The smallest absolute Gasteiger partial charge is 0.262 e. The van der Waals surface area contributed by atoms with E-state index in [1.807, 2.05) is 111 Å². The van der Waals surface area contributed by atoms with E-state index in [-0.39, 0.29) is 29.6 Å². The first kappa shape index (κ1) is 48.1. The summed E-state index contributed by atoms with van der Waals surface area (Å²) in [5.41, 5.74) is 0.533. The summed E-state index contributed by atoms with van der Waals surface area (Å²) in [5, 5.41) is 22.6. The number of benzene rings is 4. The fourth-order valence-electron chi connectivity index (χ4n) is 8.87. The molecule has 3 amide bonds. The van der Waals surface area contributed by atoms with Gasteiger partial charge in [-0.05, 0) is 97.1 Å². The lowest BCUT2D eigenvalue weighted by Crippen LogP contribution is -2.68. The highest BCUT2D eigenvalue weighted by molar-refractivity contribution is 6.99. The standard InChI is InChI=1S/C52H66N4O7Si/c1-7-52(6)50(61)54-44(35-38-30-32-40(33-31-38)62-36-39-21-12-8-13-22-39)49(60)56-34-20-28-45(56)48(59)53-43(47(58)55-52)27-18-11-19-29-46(57)37(2)63-64(51(3,4)5,41-23-14-9-15-24-41)42-25-16-10-17-26-42/h8-10,12-17,19,21-26,29-33,37,43-45,48,53,59H,7,11,18,20,27-28,34-36H2,1-6H3,(H,54,61)(H,55,58)/b29-19+/t37-,43+,44+,45-,48?,52+/m1/s1. The third-order valence-electron chi connectivity index (χ3n) is 12.8. The van der Waals surface area contributed by atoms with Crippen molar-refractivity contribution in [3.63, 3.8) is 0 Å². The lowest BCUT2D eigenvalue weighted by molar-refractivity contribution is -0.143. The molecule has 340 valence electrons. The van der Waals surface area contributed by atoms with Gasteiger partial charge in [-0.25, -0.2) is 0 Å². The van der Waals surface area contributed by atoms with E-state index in [2.05, 4.69) is 61.0 Å². The number of rotatable bonds is 16. The number of aliphatic hydroxyl groups is 1. The number of unbranched alkanes of at least 4 members (excludes halogenated alkanes) is 1. The van der Waals surface area contributed by atoms with Gasteiger partial charge in [0.1, 0.15) is 36.3 Å². The van der Waals surface area contributed by atoms with Crippen molar-refractivity contribution in [1.82, 2.24) is 20.9 Å². The quantitative estimate of drug-likeness (QED) is 0.0599. The topological polar surface area (TPSA) is 146 Å². The molecule has 4 aromatic carbocycles. The zero-order chi connectivity index (χ0) is 45.9. The van der Waals surface area contributed by atoms with E-state index >= 15 is 0 Å². The van der Waals surface area contributed by atoms with Crippen molar-refractivity contribution in [2.75, 3.05) is 6.54 Å². The summed E-state index contributed by atoms with van der Waals surface area (Å²) in [5.74, 6) is -0.640. The number of nitrogens with zero attached hydrogens (tertiary/aromatic N) is 1. The van der Waals surface area contributed by atoms with Crippen LogP contribution < -0.4 is 31.1 Å². The Labute approximate surface area is 380 Å². The molecule has 6 atom stereocenters. The molecule has 0 saturated carbocycles. The van der Waals surface area contributed by atoms with Gasteiger partial charge in [0.15, 0.2) is 5.78 Å². The fraction of sp³-hybridized carbons (Fsp3) is 0.423. The molecular weight excluding hydrogens is 821 g/mol. The molecule has 2 aliphatic rings. The number of amides is 3. The van der Waals surface area contributed by atoms with Crippen LogP contribution in [0.1, 0.15) is 91.2 Å². The van der Waals surface area contributed by atoms with Crippen molar-refractivity contribution in [3.05, 3.63) is 139 Å². The Bertz CT molecular complexity index is 2160. The van der Waals surface area contributed by atoms with Crippen LogP contribution in [0, 0.1) is 0 Å². The van der Waals surface area contributed by atoms with Gasteiger partial charge in [-0.2, -0.15) is 0 Å². The summed E-state index contributed by atoms with van der Waals surface area (Å²) in [6, 6.07) is 35.4. The van der Waals surface area contributed by atoms with Crippen molar-refractivity contribution < 1.29 is 33.4 Å². The van der Waals surface area contributed by atoms with Crippen LogP contribution in [0.15, 0.2) is 127 Å². The van der Waals surface area contributed by atoms with Crippen LogP contribution in [0.5, 0.6) is 5.75 Å². The lowest BCUT2D eigenvalue weighted by Gasteiger charge is -2.44. The Morgan fingerprint density at radius 3 is 2.09 bits per heavy atom. The summed E-state index contributed by atoms with van der Waals surface area (Å²) >= 11 is 0. The minimum Gasteiger partial charge on any atom is -0.489 e. The molecule has 12 heteroatoms. The van der Waals surface area contributed by atoms with Gasteiger partial charge in [-0.3, -0.25) is 24.5 Å². The van der Waals surface area contributed by atoms with Crippen molar-refractivity contribution in [2.45, 2.75) is 134 Å². The summed E-state index contributed by atoms with van der Waals surface area (Å²) in [7, 11) is -2.95. The van der Waals surface area contributed by atoms with Crippen LogP contribution in [0.3, 0.4) is 0 Å². The molecule has 2 aliphatic heterocycles. The number of fused-ring (bicyclic) bond motifs is 1. The van der Waals surface area contributed by atoms with E-state index in [9.17, 15) is 24.3 Å². The summed E-state index contributed by atoms with van der Waals surface area (Å²) < 4.78 is 13.0. The molecule has 11 nitrogen and oxygen atoms in total. The van der Waals surface area contributed by atoms with Crippen molar-refractivity contribution in [2.24, 2.45) is 0 Å². The predicted octanol–water partition coefficient (Wildman–Crippen LogP) is 6.12. The second kappa shape index (κ2) is 21.5. The molecule has 64 heavy (non-hydrogen) atoms. The fourth-order valence-corrected chi connectivity index (χ4v) is 13.5. The minimum atomic E-state index is -2.95. The van der Waals surface area contributed by atoms with Gasteiger partial charge >= 0.3 is 0 Å². The Hall–Kier alpha value is -5.40. The largest absolute Gasteiger partial charge is 0.489 e. The normalized spacial score (nSPS) is 22.8. The minimum absolute atomic E-state index is 0.149. The highest BCUT2D eigenvalue weighted by Gasteiger charge is 2.51. The van der Waals surface area contributed by atoms with E-state index < -0.39 is 56.1 Å². The predicted molar refractivity (Wildman–Crippen MR) is 254 cm³/mol. The molecule has 4 aromatic rings. The SMILES string of the molecule is CC[C@]1(C)NC(=O)[C@H](CCC/C=C/C(=O)[C@@H](C)O[Si](c2ccccc2)(c2ccccc2)C(C)(C)C)NC(O)[C@H]2CCCN2C(=O)[C@H](Cc2ccc(OCc3ccccc3)cc2)NC1=O. The third-order valence-corrected chi connectivity index (χ3v) is 17.9. The van der Waals surface area contributed by atoms with E-state index in [4.69, 9.17) is 9.16 Å². The molecule has 0 spiro atoms. The molecule has 6 rings (SSSR count). The number of ether oxygens (including phenoxy) is 1. The Morgan fingerprint density at radius 2 is 1.50 bits per heavy atom.